The topological polar surface area (TPSA) is 104 Å². The lowest BCUT2D eigenvalue weighted by Gasteiger charge is -2.12. The second kappa shape index (κ2) is 7.61. The van der Waals surface area contributed by atoms with Gasteiger partial charge in [-0.3, -0.25) is 9.48 Å². The Morgan fingerprint density at radius 3 is 2.52 bits per heavy atom. The van der Waals surface area contributed by atoms with Crippen LogP contribution in [-0.4, -0.2) is 35.8 Å². The summed E-state index contributed by atoms with van der Waals surface area (Å²) in [6.45, 7) is 5.55. The average Bonchev–Trinajstić information content (AvgIpc) is 3.10. The van der Waals surface area contributed by atoms with Crippen molar-refractivity contribution in [3.63, 3.8) is 0 Å². The maximum atomic E-state index is 12.6. The van der Waals surface area contributed by atoms with Crippen molar-refractivity contribution in [3.05, 3.63) is 40.7 Å². The summed E-state index contributed by atoms with van der Waals surface area (Å²) in [4.78, 5) is 12.6. The predicted molar refractivity (Wildman–Crippen MR) is 107 cm³/mol. The molecule has 0 aliphatic carbocycles. The first-order valence-electron chi connectivity index (χ1n) is 8.22. The van der Waals surface area contributed by atoms with E-state index in [1.807, 2.05) is 33.0 Å². The first-order chi connectivity index (χ1) is 12.8. The fraction of sp³-hybridized carbons (Fsp3) is 0.294. The number of aromatic nitrogens is 5. The number of hydrogen-bond acceptors (Lipinski definition) is 6. The molecule has 0 spiro atoms. The first kappa shape index (κ1) is 19.2. The number of nitrogens with zero attached hydrogens (tertiary/aromatic N) is 5. The minimum Gasteiger partial charge on any atom is -0.335 e. The van der Waals surface area contributed by atoms with Crippen LogP contribution >= 0.6 is 23.4 Å². The molecule has 8 nitrogen and oxygen atoms in total. The van der Waals surface area contributed by atoms with Gasteiger partial charge in [-0.2, -0.15) is 5.10 Å². The molecule has 0 unspecified atom stereocenters. The molecular formula is C17H20ClN7OS. The SMILES string of the molecule is Cc1nn(C)c(C)c1NC(=O)[C@@H](C)Sc1nnc(-c2ccc(Cl)cc2)n1N. The van der Waals surface area contributed by atoms with Crippen LogP contribution in [0.3, 0.4) is 0 Å². The summed E-state index contributed by atoms with van der Waals surface area (Å²) in [6.07, 6.45) is 0. The number of benzene rings is 1. The smallest absolute Gasteiger partial charge is 0.237 e. The maximum Gasteiger partial charge on any atom is 0.237 e. The van der Waals surface area contributed by atoms with E-state index in [0.717, 1.165) is 22.6 Å². The molecular weight excluding hydrogens is 386 g/mol. The lowest BCUT2D eigenvalue weighted by Crippen LogP contribution is -2.24. The lowest BCUT2D eigenvalue weighted by molar-refractivity contribution is -0.115. The number of carbonyl (C=O) groups is 1. The van der Waals surface area contributed by atoms with E-state index in [4.69, 9.17) is 17.4 Å². The standard InChI is InChI=1S/C17H20ClN7OS/c1-9-14(10(2)24(4)23-9)20-16(26)11(3)27-17-22-21-15(25(17)19)12-5-7-13(18)8-6-12/h5-8,11H,19H2,1-4H3,(H,20,26)/t11-/m1/s1. The number of carbonyl (C=O) groups excluding carboxylic acids is 1. The van der Waals surface area contributed by atoms with E-state index in [9.17, 15) is 4.79 Å². The molecule has 0 saturated heterocycles. The summed E-state index contributed by atoms with van der Waals surface area (Å²) in [7, 11) is 1.84. The minimum atomic E-state index is -0.423. The Bertz CT molecular complexity index is 980. The molecule has 3 N–H and O–H groups in total. The van der Waals surface area contributed by atoms with Gasteiger partial charge in [0.1, 0.15) is 0 Å². The van der Waals surface area contributed by atoms with Crippen molar-refractivity contribution < 1.29 is 4.79 Å². The maximum absolute atomic E-state index is 12.6. The Labute approximate surface area is 166 Å². The van der Waals surface area contributed by atoms with E-state index >= 15 is 0 Å². The predicted octanol–water partition coefficient (Wildman–Crippen LogP) is 2.78. The number of thioether (sulfide) groups is 1. The van der Waals surface area contributed by atoms with E-state index < -0.39 is 5.25 Å². The summed E-state index contributed by atoms with van der Waals surface area (Å²) in [6, 6.07) is 7.14. The first-order valence-corrected chi connectivity index (χ1v) is 9.47. The van der Waals surface area contributed by atoms with Gasteiger partial charge in [-0.25, -0.2) is 4.68 Å². The van der Waals surface area contributed by atoms with Crippen LogP contribution in [0.15, 0.2) is 29.4 Å². The second-order valence-corrected chi connectivity index (χ2v) is 7.85. The quantitative estimate of drug-likeness (QED) is 0.499. The van der Waals surface area contributed by atoms with Crippen molar-refractivity contribution in [2.24, 2.45) is 7.05 Å². The zero-order chi connectivity index (χ0) is 19.7. The largest absolute Gasteiger partial charge is 0.335 e. The van der Waals surface area contributed by atoms with Crippen molar-refractivity contribution in [2.45, 2.75) is 31.2 Å². The Morgan fingerprint density at radius 2 is 1.93 bits per heavy atom. The number of aryl methyl sites for hydroxylation is 2. The molecule has 142 valence electrons. The third-order valence-electron chi connectivity index (χ3n) is 4.18. The lowest BCUT2D eigenvalue weighted by atomic mass is 10.2. The molecule has 10 heteroatoms. The fourth-order valence-corrected chi connectivity index (χ4v) is 3.44. The zero-order valence-corrected chi connectivity index (χ0v) is 17.0. The fourth-order valence-electron chi connectivity index (χ4n) is 2.54. The van der Waals surface area contributed by atoms with Gasteiger partial charge in [0.25, 0.3) is 0 Å². The summed E-state index contributed by atoms with van der Waals surface area (Å²) in [5.74, 6) is 6.46. The summed E-state index contributed by atoms with van der Waals surface area (Å²) >= 11 is 7.14. The molecule has 0 aliphatic heterocycles. The highest BCUT2D eigenvalue weighted by molar-refractivity contribution is 8.00. The van der Waals surface area contributed by atoms with Crippen molar-refractivity contribution in [2.75, 3.05) is 11.2 Å². The molecule has 1 atom stereocenters. The van der Waals surface area contributed by atoms with Crippen molar-refractivity contribution >= 4 is 35.0 Å². The third kappa shape index (κ3) is 3.93. The molecule has 3 rings (SSSR count). The highest BCUT2D eigenvalue weighted by atomic mass is 35.5. The van der Waals surface area contributed by atoms with Crippen LogP contribution in [-0.2, 0) is 11.8 Å². The minimum absolute atomic E-state index is 0.157. The second-order valence-electron chi connectivity index (χ2n) is 6.10. The molecule has 3 aromatic rings. The van der Waals surface area contributed by atoms with Crippen LogP contribution in [0.2, 0.25) is 5.02 Å². The zero-order valence-electron chi connectivity index (χ0n) is 15.4. The van der Waals surface area contributed by atoms with Crippen LogP contribution in [0.1, 0.15) is 18.3 Å². The number of anilines is 1. The molecule has 27 heavy (non-hydrogen) atoms. The number of rotatable bonds is 5. The van der Waals surface area contributed by atoms with Gasteiger partial charge in [0.15, 0.2) is 5.82 Å². The van der Waals surface area contributed by atoms with Crippen LogP contribution in [0, 0.1) is 13.8 Å². The molecule has 0 aliphatic rings. The average molecular weight is 406 g/mol. The van der Waals surface area contributed by atoms with Crippen molar-refractivity contribution in [1.82, 2.24) is 24.7 Å². The monoisotopic (exact) mass is 405 g/mol. The summed E-state index contributed by atoms with van der Waals surface area (Å²) in [5, 5.41) is 16.1. The number of halogens is 1. The van der Waals surface area contributed by atoms with E-state index in [1.165, 1.54) is 16.4 Å². The van der Waals surface area contributed by atoms with Crippen LogP contribution < -0.4 is 11.2 Å². The number of amides is 1. The molecule has 2 aromatic heterocycles. The van der Waals surface area contributed by atoms with Crippen LogP contribution in [0.4, 0.5) is 5.69 Å². The van der Waals surface area contributed by atoms with Gasteiger partial charge in [0.2, 0.25) is 11.1 Å². The third-order valence-corrected chi connectivity index (χ3v) is 5.48. The van der Waals surface area contributed by atoms with E-state index in [1.54, 1.807) is 23.7 Å². The Morgan fingerprint density at radius 1 is 1.26 bits per heavy atom. The Hall–Kier alpha value is -2.52. The van der Waals surface area contributed by atoms with Gasteiger partial charge in [-0.1, -0.05) is 23.4 Å². The Balaban J connectivity index is 1.73. The van der Waals surface area contributed by atoms with E-state index in [2.05, 4.69) is 20.6 Å². The van der Waals surface area contributed by atoms with Gasteiger partial charge in [0, 0.05) is 17.6 Å². The molecule has 0 radical (unpaired) electrons. The highest BCUT2D eigenvalue weighted by Gasteiger charge is 2.22. The highest BCUT2D eigenvalue weighted by Crippen LogP contribution is 2.27. The summed E-state index contributed by atoms with van der Waals surface area (Å²) in [5.41, 5.74) is 3.18. The Kier molecular flexibility index (Phi) is 5.43. The van der Waals surface area contributed by atoms with Gasteiger partial charge < -0.3 is 11.2 Å². The van der Waals surface area contributed by atoms with Crippen molar-refractivity contribution in [3.8, 4) is 11.4 Å². The number of nitrogens with two attached hydrogens (primary N) is 1. The molecule has 1 aromatic carbocycles. The van der Waals surface area contributed by atoms with Gasteiger partial charge >= 0.3 is 0 Å². The molecule has 1 amide bonds. The molecule has 0 fully saturated rings. The normalized spacial score (nSPS) is 12.2. The summed E-state index contributed by atoms with van der Waals surface area (Å²) < 4.78 is 3.11. The van der Waals surface area contributed by atoms with E-state index in [0.29, 0.717) is 16.0 Å². The molecule has 0 saturated carbocycles. The van der Waals surface area contributed by atoms with Crippen LogP contribution in [0.25, 0.3) is 11.4 Å². The van der Waals surface area contributed by atoms with Gasteiger partial charge in [-0.05, 0) is 45.0 Å². The molecule has 0 bridgehead atoms. The number of nitrogen functional groups attached to an aromatic ring is 1. The van der Waals surface area contributed by atoms with Gasteiger partial charge in [0.05, 0.1) is 22.3 Å². The van der Waals surface area contributed by atoms with Crippen LogP contribution in [0.5, 0.6) is 0 Å². The number of hydrogen-bond donors (Lipinski definition) is 2. The number of nitrogens with one attached hydrogen (secondary N) is 1. The van der Waals surface area contributed by atoms with Crippen molar-refractivity contribution in [1.29, 1.82) is 0 Å². The van der Waals surface area contributed by atoms with E-state index in [-0.39, 0.29) is 5.91 Å². The van der Waals surface area contributed by atoms with Gasteiger partial charge in [-0.15, -0.1) is 10.2 Å². The molecule has 2 heterocycles.